The topological polar surface area (TPSA) is 136 Å². The number of phenolic OH excluding ortho intramolecular Hbond substituents is 1. The van der Waals surface area contributed by atoms with E-state index in [4.69, 9.17) is 16.6 Å². The standard InChI is InChI=1S/C8H11N3O4S/c9-6-3-5(1-2-7(6)12)16(14,15)11-4-8(10)13/h1-3,11-12H,4,9H2,(H2,10,13). The lowest BCUT2D eigenvalue weighted by Gasteiger charge is -2.06. The van der Waals surface area contributed by atoms with Gasteiger partial charge < -0.3 is 16.6 Å². The quantitative estimate of drug-likeness (QED) is 0.387. The van der Waals surface area contributed by atoms with E-state index in [1.54, 1.807) is 0 Å². The Kier molecular flexibility index (Phi) is 3.35. The fraction of sp³-hybridized carbons (Fsp3) is 0.125. The number of primary amides is 1. The van der Waals surface area contributed by atoms with Gasteiger partial charge in [-0.1, -0.05) is 0 Å². The zero-order valence-electron chi connectivity index (χ0n) is 8.17. The van der Waals surface area contributed by atoms with Crippen LogP contribution in [0.2, 0.25) is 0 Å². The molecule has 0 fully saturated rings. The van der Waals surface area contributed by atoms with Crippen molar-refractivity contribution in [3.63, 3.8) is 0 Å². The molecule has 7 nitrogen and oxygen atoms in total. The number of rotatable bonds is 4. The van der Waals surface area contributed by atoms with Gasteiger partial charge in [-0.05, 0) is 18.2 Å². The molecule has 0 aliphatic heterocycles. The zero-order valence-corrected chi connectivity index (χ0v) is 8.99. The van der Waals surface area contributed by atoms with Crippen LogP contribution < -0.4 is 16.2 Å². The number of nitrogens with two attached hydrogens (primary N) is 2. The van der Waals surface area contributed by atoms with Crippen LogP contribution in [0, 0.1) is 0 Å². The lowest BCUT2D eigenvalue weighted by Crippen LogP contribution is -2.33. The van der Waals surface area contributed by atoms with Gasteiger partial charge in [0.25, 0.3) is 0 Å². The van der Waals surface area contributed by atoms with E-state index in [0.29, 0.717) is 0 Å². The third kappa shape index (κ3) is 2.84. The third-order valence-corrected chi connectivity index (χ3v) is 3.14. The first kappa shape index (κ1) is 12.3. The van der Waals surface area contributed by atoms with Gasteiger partial charge in [0, 0.05) is 0 Å². The van der Waals surface area contributed by atoms with E-state index in [1.165, 1.54) is 0 Å². The van der Waals surface area contributed by atoms with Crippen molar-refractivity contribution in [2.75, 3.05) is 12.3 Å². The monoisotopic (exact) mass is 245 g/mol. The summed E-state index contributed by atoms with van der Waals surface area (Å²) in [6.45, 7) is -0.497. The minimum Gasteiger partial charge on any atom is -0.506 e. The number of hydrogen-bond acceptors (Lipinski definition) is 5. The largest absolute Gasteiger partial charge is 0.506 e. The summed E-state index contributed by atoms with van der Waals surface area (Å²) >= 11 is 0. The molecule has 0 aliphatic carbocycles. The molecule has 8 heteroatoms. The fourth-order valence-corrected chi connectivity index (χ4v) is 1.98. The van der Waals surface area contributed by atoms with Gasteiger partial charge >= 0.3 is 0 Å². The number of carbonyl (C=O) groups is 1. The van der Waals surface area contributed by atoms with Crippen LogP contribution in [0.25, 0.3) is 0 Å². The van der Waals surface area contributed by atoms with Crippen LogP contribution in [-0.2, 0) is 14.8 Å². The van der Waals surface area contributed by atoms with E-state index in [2.05, 4.69) is 0 Å². The van der Waals surface area contributed by atoms with Crippen molar-refractivity contribution in [3.05, 3.63) is 18.2 Å². The van der Waals surface area contributed by atoms with Crippen LogP contribution in [0.4, 0.5) is 5.69 Å². The molecule has 0 aliphatic rings. The number of hydrogen-bond donors (Lipinski definition) is 4. The minimum absolute atomic E-state index is 0.0676. The van der Waals surface area contributed by atoms with E-state index in [9.17, 15) is 13.2 Å². The third-order valence-electron chi connectivity index (χ3n) is 1.75. The zero-order chi connectivity index (χ0) is 12.3. The van der Waals surface area contributed by atoms with Crippen molar-refractivity contribution in [1.29, 1.82) is 0 Å². The number of carbonyl (C=O) groups excluding carboxylic acids is 1. The molecule has 1 amide bonds. The van der Waals surface area contributed by atoms with Crippen LogP contribution >= 0.6 is 0 Å². The molecule has 0 bridgehead atoms. The molecule has 1 aromatic carbocycles. The Hall–Kier alpha value is -1.80. The van der Waals surface area contributed by atoms with Crippen molar-refractivity contribution >= 4 is 21.6 Å². The van der Waals surface area contributed by atoms with E-state index in [-0.39, 0.29) is 16.3 Å². The number of amides is 1. The highest BCUT2D eigenvalue weighted by Crippen LogP contribution is 2.22. The molecule has 88 valence electrons. The summed E-state index contributed by atoms with van der Waals surface area (Å²) in [6.07, 6.45) is 0. The van der Waals surface area contributed by atoms with E-state index < -0.39 is 22.5 Å². The molecule has 1 rings (SSSR count). The number of nitrogens with one attached hydrogen (secondary N) is 1. The van der Waals surface area contributed by atoms with Crippen LogP contribution in [0.1, 0.15) is 0 Å². The van der Waals surface area contributed by atoms with Crippen molar-refractivity contribution in [3.8, 4) is 5.75 Å². The summed E-state index contributed by atoms with van der Waals surface area (Å²) in [5, 5.41) is 9.11. The second-order valence-electron chi connectivity index (χ2n) is 3.01. The number of phenols is 1. The van der Waals surface area contributed by atoms with Crippen molar-refractivity contribution in [2.45, 2.75) is 4.90 Å². The molecule has 0 atom stereocenters. The Morgan fingerprint density at radius 3 is 2.56 bits per heavy atom. The molecule has 0 saturated carbocycles. The van der Waals surface area contributed by atoms with Gasteiger partial charge in [-0.3, -0.25) is 4.79 Å². The molecule has 1 aromatic rings. The molecule has 0 aromatic heterocycles. The summed E-state index contributed by atoms with van der Waals surface area (Å²) in [4.78, 5) is 10.3. The van der Waals surface area contributed by atoms with Gasteiger partial charge in [-0.2, -0.15) is 0 Å². The maximum atomic E-state index is 11.5. The lowest BCUT2D eigenvalue weighted by molar-refractivity contribution is -0.116. The first-order chi connectivity index (χ1) is 7.33. The molecule has 6 N–H and O–H groups in total. The first-order valence-electron chi connectivity index (χ1n) is 4.19. The number of aromatic hydroxyl groups is 1. The molecular weight excluding hydrogens is 234 g/mol. The van der Waals surface area contributed by atoms with Crippen LogP contribution in [0.3, 0.4) is 0 Å². The highest BCUT2D eigenvalue weighted by molar-refractivity contribution is 7.89. The minimum atomic E-state index is -3.84. The summed E-state index contributed by atoms with van der Waals surface area (Å²) in [5.41, 5.74) is 10.1. The highest BCUT2D eigenvalue weighted by Gasteiger charge is 2.15. The summed E-state index contributed by atoms with van der Waals surface area (Å²) in [5.74, 6) is -1.01. The molecule has 0 spiro atoms. The maximum absolute atomic E-state index is 11.5. The van der Waals surface area contributed by atoms with Gasteiger partial charge in [-0.15, -0.1) is 0 Å². The molecule has 0 radical (unpaired) electrons. The number of nitrogen functional groups attached to an aromatic ring is 1. The normalized spacial score (nSPS) is 11.2. The predicted octanol–water partition coefficient (Wildman–Crippen LogP) is -1.26. The fourth-order valence-electron chi connectivity index (χ4n) is 0.949. The average Bonchev–Trinajstić information content (AvgIpc) is 2.19. The molecule has 0 saturated heterocycles. The Balaban J connectivity index is 2.99. The van der Waals surface area contributed by atoms with Crippen LogP contribution in [-0.4, -0.2) is 26.0 Å². The molecule has 0 unspecified atom stereocenters. The van der Waals surface area contributed by atoms with Crippen molar-refractivity contribution in [2.24, 2.45) is 5.73 Å². The Labute approximate surface area is 92.1 Å². The summed E-state index contributed by atoms with van der Waals surface area (Å²) in [7, 11) is -3.84. The van der Waals surface area contributed by atoms with Gasteiger partial charge in [-0.25, -0.2) is 13.1 Å². The van der Waals surface area contributed by atoms with Crippen LogP contribution in [0.15, 0.2) is 23.1 Å². The number of benzene rings is 1. The van der Waals surface area contributed by atoms with E-state index in [0.717, 1.165) is 18.2 Å². The Bertz CT molecular complexity index is 512. The van der Waals surface area contributed by atoms with Crippen molar-refractivity contribution in [1.82, 2.24) is 4.72 Å². The summed E-state index contributed by atoms with van der Waals surface area (Å²) < 4.78 is 25.1. The average molecular weight is 245 g/mol. The Morgan fingerprint density at radius 2 is 2.06 bits per heavy atom. The SMILES string of the molecule is NC(=O)CNS(=O)(=O)c1ccc(O)c(N)c1. The maximum Gasteiger partial charge on any atom is 0.241 e. The predicted molar refractivity (Wildman–Crippen MR) is 56.9 cm³/mol. The van der Waals surface area contributed by atoms with Gasteiger partial charge in [0.1, 0.15) is 5.75 Å². The lowest BCUT2D eigenvalue weighted by atomic mass is 10.3. The second-order valence-corrected chi connectivity index (χ2v) is 4.78. The smallest absolute Gasteiger partial charge is 0.241 e. The van der Waals surface area contributed by atoms with E-state index in [1.807, 2.05) is 4.72 Å². The molecule has 0 heterocycles. The molecule has 16 heavy (non-hydrogen) atoms. The highest BCUT2D eigenvalue weighted by atomic mass is 32.2. The van der Waals surface area contributed by atoms with Crippen LogP contribution in [0.5, 0.6) is 5.75 Å². The Morgan fingerprint density at radius 1 is 1.44 bits per heavy atom. The summed E-state index contributed by atoms with van der Waals surface area (Å²) in [6, 6.07) is 3.39. The first-order valence-corrected chi connectivity index (χ1v) is 5.67. The number of anilines is 1. The van der Waals surface area contributed by atoms with E-state index >= 15 is 0 Å². The van der Waals surface area contributed by atoms with Gasteiger partial charge in [0.2, 0.25) is 15.9 Å². The van der Waals surface area contributed by atoms with Gasteiger partial charge in [0.05, 0.1) is 17.1 Å². The van der Waals surface area contributed by atoms with Crippen molar-refractivity contribution < 1.29 is 18.3 Å². The molecular formula is C8H11N3O4S. The number of sulfonamides is 1. The van der Waals surface area contributed by atoms with Gasteiger partial charge in [0.15, 0.2) is 0 Å². The second kappa shape index (κ2) is 4.37.